The molecule has 1 aliphatic heterocycles. The average Bonchev–Trinajstić information content (AvgIpc) is 3.02. The lowest BCUT2D eigenvalue weighted by Gasteiger charge is -2.26. The number of carbonyl (C=O) groups excluding carboxylic acids is 1. The molecule has 1 amide bonds. The van der Waals surface area contributed by atoms with E-state index in [1.165, 1.54) is 0 Å². The summed E-state index contributed by atoms with van der Waals surface area (Å²) in [5, 5.41) is 5.14. The van der Waals surface area contributed by atoms with Crippen molar-refractivity contribution in [1.29, 1.82) is 0 Å². The number of alkyl halides is 3. The minimum atomic E-state index is -4.45. The van der Waals surface area contributed by atoms with Crippen molar-refractivity contribution in [3.8, 4) is 0 Å². The molecule has 8 heteroatoms. The smallest absolute Gasteiger partial charge is 0.329 e. The summed E-state index contributed by atoms with van der Waals surface area (Å²) in [4.78, 5) is 25.5. The van der Waals surface area contributed by atoms with Crippen LogP contribution < -0.4 is 5.56 Å². The number of likely N-dealkylation sites (tertiary alicyclic amines) is 1. The molecule has 0 aliphatic carbocycles. The minimum Gasteiger partial charge on any atom is -0.329 e. The number of benzene rings is 1. The Morgan fingerprint density at radius 1 is 1.29 bits per heavy atom. The Labute approximate surface area is 135 Å². The van der Waals surface area contributed by atoms with Gasteiger partial charge in [-0.15, -0.1) is 0 Å². The molecular weight excluding hydrogens is 323 g/mol. The maximum Gasteiger partial charge on any atom is 0.408 e. The van der Waals surface area contributed by atoms with Crippen LogP contribution >= 0.6 is 0 Å². The maximum atomic E-state index is 13.0. The lowest BCUT2D eigenvalue weighted by molar-refractivity contribution is -0.183. The fourth-order valence-corrected chi connectivity index (χ4v) is 3.14. The Hall–Kier alpha value is -2.38. The van der Waals surface area contributed by atoms with Crippen LogP contribution in [-0.2, 0) is 11.3 Å². The third-order valence-electron chi connectivity index (χ3n) is 4.29. The van der Waals surface area contributed by atoms with Crippen LogP contribution in [0.4, 0.5) is 13.2 Å². The summed E-state index contributed by atoms with van der Waals surface area (Å²) in [6.07, 6.45) is -4.26. The normalized spacial score (nSPS) is 18.3. The number of hydrogen-bond donors (Lipinski definition) is 0. The van der Waals surface area contributed by atoms with Gasteiger partial charge >= 0.3 is 6.18 Å². The van der Waals surface area contributed by atoms with Gasteiger partial charge in [-0.2, -0.15) is 18.3 Å². The monoisotopic (exact) mass is 339 g/mol. The third-order valence-corrected chi connectivity index (χ3v) is 4.29. The van der Waals surface area contributed by atoms with Gasteiger partial charge in [0.1, 0.15) is 12.6 Å². The van der Waals surface area contributed by atoms with Gasteiger partial charge in [0, 0.05) is 11.9 Å². The van der Waals surface area contributed by atoms with Crippen molar-refractivity contribution in [1.82, 2.24) is 14.7 Å². The van der Waals surface area contributed by atoms with Gasteiger partial charge in [-0.3, -0.25) is 9.59 Å². The fourth-order valence-electron chi connectivity index (χ4n) is 3.14. The molecule has 1 aromatic heterocycles. The van der Waals surface area contributed by atoms with Gasteiger partial charge in [-0.1, -0.05) is 18.2 Å². The summed E-state index contributed by atoms with van der Waals surface area (Å²) in [6, 6.07) is 5.04. The quantitative estimate of drug-likeness (QED) is 0.843. The summed E-state index contributed by atoms with van der Waals surface area (Å²) < 4.78 is 39.9. The average molecular weight is 339 g/mol. The summed E-state index contributed by atoms with van der Waals surface area (Å²) in [7, 11) is 0. The first-order valence-electron chi connectivity index (χ1n) is 7.61. The summed E-state index contributed by atoms with van der Waals surface area (Å²) >= 11 is 0. The van der Waals surface area contributed by atoms with Gasteiger partial charge in [-0.05, 0) is 25.8 Å². The lowest BCUT2D eigenvalue weighted by Crippen LogP contribution is -2.46. The largest absolute Gasteiger partial charge is 0.408 e. The number of halogens is 3. The molecule has 0 bridgehead atoms. The maximum absolute atomic E-state index is 13.0. The number of aromatic nitrogens is 2. The Morgan fingerprint density at radius 3 is 2.62 bits per heavy atom. The van der Waals surface area contributed by atoms with Crippen molar-refractivity contribution in [2.75, 3.05) is 6.54 Å². The van der Waals surface area contributed by atoms with Gasteiger partial charge in [0.05, 0.1) is 11.1 Å². The van der Waals surface area contributed by atoms with Gasteiger partial charge in [0.2, 0.25) is 5.91 Å². The van der Waals surface area contributed by atoms with Gasteiger partial charge in [0.15, 0.2) is 0 Å². The van der Waals surface area contributed by atoms with Crippen LogP contribution in [0.2, 0.25) is 0 Å². The molecule has 0 unspecified atom stereocenters. The van der Waals surface area contributed by atoms with E-state index in [-0.39, 0.29) is 13.0 Å². The molecule has 5 nitrogen and oxygen atoms in total. The number of nitrogens with zero attached hydrogens (tertiary/aromatic N) is 3. The van der Waals surface area contributed by atoms with Crippen LogP contribution in [0.25, 0.3) is 10.8 Å². The number of carbonyl (C=O) groups is 1. The molecule has 24 heavy (non-hydrogen) atoms. The molecule has 1 atom stereocenters. The molecule has 0 spiro atoms. The van der Waals surface area contributed by atoms with E-state index < -0.39 is 30.2 Å². The molecule has 128 valence electrons. The van der Waals surface area contributed by atoms with Crippen molar-refractivity contribution >= 4 is 16.7 Å². The molecule has 0 saturated carbocycles. The fraction of sp³-hybridized carbons (Fsp3) is 0.438. The molecule has 0 N–H and O–H groups in total. The number of rotatable bonds is 2. The first-order valence-corrected chi connectivity index (χ1v) is 7.61. The standard InChI is InChI=1S/C16H16F3N3O2/c1-10-11-5-2-3-6-12(11)15(24)22(20-10)9-14(23)21-8-4-7-13(21)16(17,18)19/h2-3,5-6,13H,4,7-9H2,1H3/t13-/m1/s1. The van der Waals surface area contributed by atoms with Crippen LogP contribution in [0.1, 0.15) is 18.5 Å². The zero-order valence-electron chi connectivity index (χ0n) is 13.0. The first-order chi connectivity index (χ1) is 11.3. The lowest BCUT2D eigenvalue weighted by atomic mass is 10.1. The predicted octanol–water partition coefficient (Wildman–Crippen LogP) is 2.26. The van der Waals surface area contributed by atoms with Crippen molar-refractivity contribution in [3.63, 3.8) is 0 Å². The zero-order chi connectivity index (χ0) is 17.5. The van der Waals surface area contributed by atoms with Crippen LogP contribution in [0, 0.1) is 6.92 Å². The van der Waals surface area contributed by atoms with E-state index >= 15 is 0 Å². The Balaban J connectivity index is 1.91. The second-order valence-corrected chi connectivity index (χ2v) is 5.88. The van der Waals surface area contributed by atoms with Crippen molar-refractivity contribution in [3.05, 3.63) is 40.3 Å². The van der Waals surface area contributed by atoms with E-state index in [0.29, 0.717) is 22.9 Å². The Bertz CT molecular complexity index is 845. The highest BCUT2D eigenvalue weighted by Crippen LogP contribution is 2.32. The van der Waals surface area contributed by atoms with Crippen LogP contribution in [0.15, 0.2) is 29.1 Å². The van der Waals surface area contributed by atoms with E-state index in [1.807, 2.05) is 0 Å². The number of amides is 1. The molecule has 3 rings (SSSR count). The number of hydrogen-bond acceptors (Lipinski definition) is 3. The van der Waals surface area contributed by atoms with Crippen molar-refractivity contribution < 1.29 is 18.0 Å². The minimum absolute atomic E-state index is 0.0460. The van der Waals surface area contributed by atoms with Gasteiger partial charge < -0.3 is 4.90 Å². The van der Waals surface area contributed by atoms with Crippen LogP contribution in [0.3, 0.4) is 0 Å². The molecule has 2 heterocycles. The van der Waals surface area contributed by atoms with Crippen molar-refractivity contribution in [2.24, 2.45) is 0 Å². The Kier molecular flexibility index (Phi) is 4.06. The summed E-state index contributed by atoms with van der Waals surface area (Å²) in [6.45, 7) is 1.25. The van der Waals surface area contributed by atoms with E-state index in [9.17, 15) is 22.8 Å². The van der Waals surface area contributed by atoms with E-state index in [4.69, 9.17) is 0 Å². The molecule has 1 aliphatic rings. The number of fused-ring (bicyclic) bond motifs is 1. The molecule has 1 aromatic carbocycles. The predicted molar refractivity (Wildman–Crippen MR) is 81.5 cm³/mol. The highest BCUT2D eigenvalue weighted by Gasteiger charge is 2.47. The molecule has 2 aromatic rings. The van der Waals surface area contributed by atoms with Gasteiger partial charge in [0.25, 0.3) is 5.56 Å². The topological polar surface area (TPSA) is 55.2 Å². The first kappa shape index (κ1) is 16.5. The molecule has 1 saturated heterocycles. The second kappa shape index (κ2) is 5.92. The SMILES string of the molecule is Cc1nn(CC(=O)N2CCC[C@@H]2C(F)(F)F)c(=O)c2ccccc12. The highest BCUT2D eigenvalue weighted by molar-refractivity contribution is 5.83. The van der Waals surface area contributed by atoms with Crippen LogP contribution in [0.5, 0.6) is 0 Å². The van der Waals surface area contributed by atoms with Crippen LogP contribution in [-0.4, -0.2) is 39.4 Å². The summed E-state index contributed by atoms with van der Waals surface area (Å²) in [5.41, 5.74) is 0.0686. The summed E-state index contributed by atoms with van der Waals surface area (Å²) in [5.74, 6) is -0.737. The van der Waals surface area contributed by atoms with E-state index in [1.54, 1.807) is 31.2 Å². The zero-order valence-corrected chi connectivity index (χ0v) is 13.0. The van der Waals surface area contributed by atoms with E-state index in [0.717, 1.165) is 9.58 Å². The van der Waals surface area contributed by atoms with Gasteiger partial charge in [-0.25, -0.2) is 4.68 Å². The Morgan fingerprint density at radius 2 is 1.96 bits per heavy atom. The van der Waals surface area contributed by atoms with Crippen molar-refractivity contribution in [2.45, 2.75) is 38.5 Å². The van der Waals surface area contributed by atoms with E-state index in [2.05, 4.69) is 5.10 Å². The molecular formula is C16H16F3N3O2. The molecule has 0 radical (unpaired) electrons. The number of aryl methyl sites for hydroxylation is 1. The second-order valence-electron chi connectivity index (χ2n) is 5.88. The third kappa shape index (κ3) is 2.88. The highest BCUT2D eigenvalue weighted by atomic mass is 19.4. The molecule has 1 fully saturated rings.